The second-order valence-corrected chi connectivity index (χ2v) is 3.89. The average Bonchev–Trinajstić information content (AvgIpc) is 2.40. The number of benzene rings is 1. The van der Waals surface area contributed by atoms with Gasteiger partial charge in [0.25, 0.3) is 0 Å². The molecule has 0 saturated heterocycles. The molecule has 1 atom stereocenters. The fourth-order valence-electron chi connectivity index (χ4n) is 1.76. The van der Waals surface area contributed by atoms with Crippen LogP contribution in [-0.4, -0.2) is 20.0 Å². The predicted octanol–water partition coefficient (Wildman–Crippen LogP) is 2.68. The number of hydrogen-bond acceptors (Lipinski definition) is 4. The second kappa shape index (κ2) is 6.65. The number of ether oxygens (including phenoxy) is 2. The lowest BCUT2D eigenvalue weighted by Gasteiger charge is -2.13. The molecule has 0 fully saturated rings. The molecule has 4 nitrogen and oxygen atoms in total. The fraction of sp³-hybridized carbons (Fsp3) is 0.429. The standard InChI is InChI=1S/C14H17NO3/c1-4-5-13(16)12(9-15)11-7-6-10(17-2)8-14(11)18-3/h6-8,12H,4-5H2,1-3H3. The van der Waals surface area contributed by atoms with Crippen LogP contribution < -0.4 is 9.47 Å². The van der Waals surface area contributed by atoms with Crippen LogP contribution in [0, 0.1) is 11.3 Å². The Bertz CT molecular complexity index is 463. The first-order chi connectivity index (χ1) is 8.67. The van der Waals surface area contributed by atoms with Crippen LogP contribution in [0.3, 0.4) is 0 Å². The molecule has 1 unspecified atom stereocenters. The summed E-state index contributed by atoms with van der Waals surface area (Å²) in [6.45, 7) is 1.91. The van der Waals surface area contributed by atoms with Gasteiger partial charge in [-0.05, 0) is 18.6 Å². The van der Waals surface area contributed by atoms with Crippen molar-refractivity contribution in [2.24, 2.45) is 0 Å². The number of Topliss-reactive ketones (excluding diaryl/α,β-unsaturated/α-hetero) is 1. The third-order valence-corrected chi connectivity index (χ3v) is 2.70. The Morgan fingerprint density at radius 2 is 2.11 bits per heavy atom. The smallest absolute Gasteiger partial charge is 0.154 e. The molecule has 96 valence electrons. The van der Waals surface area contributed by atoms with Gasteiger partial charge in [-0.2, -0.15) is 5.26 Å². The number of rotatable bonds is 6. The molecule has 0 aliphatic carbocycles. The third-order valence-electron chi connectivity index (χ3n) is 2.70. The van der Waals surface area contributed by atoms with Crippen molar-refractivity contribution < 1.29 is 14.3 Å². The highest BCUT2D eigenvalue weighted by atomic mass is 16.5. The number of carbonyl (C=O) groups excluding carboxylic acids is 1. The highest BCUT2D eigenvalue weighted by Crippen LogP contribution is 2.31. The monoisotopic (exact) mass is 247 g/mol. The van der Waals surface area contributed by atoms with E-state index < -0.39 is 5.92 Å². The first kappa shape index (κ1) is 14.0. The van der Waals surface area contributed by atoms with E-state index in [9.17, 15) is 4.79 Å². The molecule has 0 saturated carbocycles. The Kier molecular flexibility index (Phi) is 5.19. The fourth-order valence-corrected chi connectivity index (χ4v) is 1.76. The molecule has 0 heterocycles. The highest BCUT2D eigenvalue weighted by Gasteiger charge is 2.23. The van der Waals surface area contributed by atoms with Gasteiger partial charge in [0.2, 0.25) is 0 Å². The third kappa shape index (κ3) is 3.01. The topological polar surface area (TPSA) is 59.3 Å². The summed E-state index contributed by atoms with van der Waals surface area (Å²) in [6.07, 6.45) is 1.13. The number of hydrogen-bond donors (Lipinski definition) is 0. The van der Waals surface area contributed by atoms with E-state index in [4.69, 9.17) is 14.7 Å². The van der Waals surface area contributed by atoms with Gasteiger partial charge >= 0.3 is 0 Å². The minimum atomic E-state index is -0.772. The molecule has 1 aromatic rings. The van der Waals surface area contributed by atoms with Gasteiger partial charge in [0.1, 0.15) is 17.4 Å². The summed E-state index contributed by atoms with van der Waals surface area (Å²) in [5.74, 6) is 0.287. The lowest BCUT2D eigenvalue weighted by molar-refractivity contribution is -0.119. The van der Waals surface area contributed by atoms with E-state index in [1.165, 1.54) is 7.11 Å². The molecular formula is C14H17NO3. The summed E-state index contributed by atoms with van der Waals surface area (Å²) in [4.78, 5) is 11.9. The zero-order valence-corrected chi connectivity index (χ0v) is 10.9. The average molecular weight is 247 g/mol. The van der Waals surface area contributed by atoms with Crippen LogP contribution in [0.25, 0.3) is 0 Å². The van der Waals surface area contributed by atoms with Crippen LogP contribution >= 0.6 is 0 Å². The first-order valence-corrected chi connectivity index (χ1v) is 5.82. The van der Waals surface area contributed by atoms with Gasteiger partial charge in [0.15, 0.2) is 5.78 Å². The number of ketones is 1. The molecule has 0 N–H and O–H groups in total. The predicted molar refractivity (Wildman–Crippen MR) is 67.8 cm³/mol. The molecule has 0 amide bonds. The molecule has 1 aromatic carbocycles. The zero-order chi connectivity index (χ0) is 13.5. The first-order valence-electron chi connectivity index (χ1n) is 5.82. The Hall–Kier alpha value is -2.02. The quantitative estimate of drug-likeness (QED) is 0.775. The minimum Gasteiger partial charge on any atom is -0.497 e. The lowest BCUT2D eigenvalue weighted by Crippen LogP contribution is -2.11. The summed E-state index contributed by atoms with van der Waals surface area (Å²) in [5, 5.41) is 9.17. The number of carbonyl (C=O) groups is 1. The molecule has 0 spiro atoms. The van der Waals surface area contributed by atoms with Crippen molar-refractivity contribution >= 4 is 5.78 Å². The van der Waals surface area contributed by atoms with Crippen molar-refractivity contribution in [2.75, 3.05) is 14.2 Å². The van der Waals surface area contributed by atoms with Crippen molar-refractivity contribution in [1.29, 1.82) is 5.26 Å². The van der Waals surface area contributed by atoms with Crippen LogP contribution in [0.15, 0.2) is 18.2 Å². The van der Waals surface area contributed by atoms with Crippen molar-refractivity contribution in [1.82, 2.24) is 0 Å². The molecule has 4 heteroatoms. The molecule has 0 bridgehead atoms. The van der Waals surface area contributed by atoms with Gasteiger partial charge in [0, 0.05) is 18.1 Å². The van der Waals surface area contributed by atoms with Gasteiger partial charge in [0.05, 0.1) is 20.3 Å². The number of methoxy groups -OCH3 is 2. The van der Waals surface area contributed by atoms with E-state index in [1.807, 2.05) is 13.0 Å². The van der Waals surface area contributed by atoms with Gasteiger partial charge in [-0.25, -0.2) is 0 Å². The van der Waals surface area contributed by atoms with Crippen molar-refractivity contribution in [3.63, 3.8) is 0 Å². The number of nitriles is 1. The van der Waals surface area contributed by atoms with E-state index >= 15 is 0 Å². The van der Waals surface area contributed by atoms with Gasteiger partial charge in [-0.15, -0.1) is 0 Å². The Morgan fingerprint density at radius 3 is 2.61 bits per heavy atom. The normalized spacial score (nSPS) is 11.4. The Morgan fingerprint density at radius 1 is 1.39 bits per heavy atom. The van der Waals surface area contributed by atoms with E-state index in [0.717, 1.165) is 6.42 Å². The van der Waals surface area contributed by atoms with Crippen molar-refractivity contribution in [3.05, 3.63) is 23.8 Å². The Labute approximate surface area is 107 Å². The maximum absolute atomic E-state index is 11.9. The molecule has 1 rings (SSSR count). The molecule has 0 aromatic heterocycles. The molecule has 0 aliphatic rings. The van der Waals surface area contributed by atoms with Crippen LogP contribution in [0.1, 0.15) is 31.2 Å². The second-order valence-electron chi connectivity index (χ2n) is 3.89. The van der Waals surface area contributed by atoms with Crippen LogP contribution in [0.4, 0.5) is 0 Å². The zero-order valence-electron chi connectivity index (χ0n) is 10.9. The summed E-state index contributed by atoms with van der Waals surface area (Å²) < 4.78 is 10.3. The van der Waals surface area contributed by atoms with Crippen LogP contribution in [0.5, 0.6) is 11.5 Å². The van der Waals surface area contributed by atoms with Crippen molar-refractivity contribution in [2.45, 2.75) is 25.7 Å². The summed E-state index contributed by atoms with van der Waals surface area (Å²) in [5.41, 5.74) is 0.597. The largest absolute Gasteiger partial charge is 0.497 e. The SMILES string of the molecule is CCCC(=O)C(C#N)c1ccc(OC)cc1OC. The minimum absolute atomic E-state index is 0.0801. The van der Waals surface area contributed by atoms with Crippen molar-refractivity contribution in [3.8, 4) is 17.6 Å². The maximum Gasteiger partial charge on any atom is 0.154 e. The van der Waals surface area contributed by atoms with Gasteiger partial charge in [-0.3, -0.25) is 4.79 Å². The lowest BCUT2D eigenvalue weighted by atomic mass is 9.93. The summed E-state index contributed by atoms with van der Waals surface area (Å²) >= 11 is 0. The molecular weight excluding hydrogens is 230 g/mol. The van der Waals surface area contributed by atoms with E-state index in [-0.39, 0.29) is 5.78 Å². The molecule has 18 heavy (non-hydrogen) atoms. The highest BCUT2D eigenvalue weighted by molar-refractivity contribution is 5.89. The summed E-state index contributed by atoms with van der Waals surface area (Å²) in [6, 6.07) is 7.16. The molecule has 0 radical (unpaired) electrons. The van der Waals surface area contributed by atoms with Gasteiger partial charge in [-0.1, -0.05) is 6.92 Å². The number of nitrogens with zero attached hydrogens (tertiary/aromatic N) is 1. The van der Waals surface area contributed by atoms with E-state index in [1.54, 1.807) is 25.3 Å². The summed E-state index contributed by atoms with van der Waals surface area (Å²) in [7, 11) is 3.06. The molecule has 0 aliphatic heterocycles. The van der Waals surface area contributed by atoms with Gasteiger partial charge < -0.3 is 9.47 Å². The van der Waals surface area contributed by atoms with Crippen LogP contribution in [0.2, 0.25) is 0 Å². The van der Waals surface area contributed by atoms with Crippen LogP contribution in [-0.2, 0) is 4.79 Å². The maximum atomic E-state index is 11.9. The Balaban J connectivity index is 3.13. The van der Waals surface area contributed by atoms with E-state index in [2.05, 4.69) is 0 Å². The van der Waals surface area contributed by atoms with E-state index in [0.29, 0.717) is 23.5 Å².